The van der Waals surface area contributed by atoms with Crippen molar-refractivity contribution in [1.29, 1.82) is 0 Å². The first-order valence-electron chi connectivity index (χ1n) is 7.34. The Labute approximate surface area is 128 Å². The summed E-state index contributed by atoms with van der Waals surface area (Å²) in [7, 11) is 0. The van der Waals surface area contributed by atoms with E-state index in [9.17, 15) is 9.59 Å². The molecule has 0 aromatic carbocycles. The van der Waals surface area contributed by atoms with Crippen molar-refractivity contribution in [3.63, 3.8) is 0 Å². The Morgan fingerprint density at radius 2 is 2.18 bits per heavy atom. The molecule has 2 rings (SSSR count). The second-order valence-electron chi connectivity index (χ2n) is 5.23. The van der Waals surface area contributed by atoms with Gasteiger partial charge < -0.3 is 4.74 Å². The lowest BCUT2D eigenvalue weighted by molar-refractivity contribution is 0.0489. The Kier molecular flexibility index (Phi) is 5.08. The molecule has 0 spiro atoms. The van der Waals surface area contributed by atoms with Crippen LogP contribution in [0.1, 0.15) is 50.1 Å². The van der Waals surface area contributed by atoms with E-state index in [1.807, 2.05) is 20.8 Å². The number of ether oxygens (including phenoxy) is 1. The van der Waals surface area contributed by atoms with E-state index in [4.69, 9.17) is 4.74 Å². The van der Waals surface area contributed by atoms with Gasteiger partial charge in [-0.05, 0) is 20.3 Å². The van der Waals surface area contributed by atoms with Gasteiger partial charge in [-0.1, -0.05) is 13.3 Å². The third-order valence-electron chi connectivity index (χ3n) is 3.11. The summed E-state index contributed by atoms with van der Waals surface area (Å²) in [6.07, 6.45) is 6.60. The van der Waals surface area contributed by atoms with Gasteiger partial charge in [0.1, 0.15) is 5.69 Å². The van der Waals surface area contributed by atoms with Gasteiger partial charge >= 0.3 is 5.97 Å². The van der Waals surface area contributed by atoms with Gasteiger partial charge in [-0.3, -0.25) is 9.48 Å². The molecule has 0 saturated heterocycles. The van der Waals surface area contributed by atoms with Crippen molar-refractivity contribution >= 4 is 5.97 Å². The molecule has 0 atom stereocenters. The summed E-state index contributed by atoms with van der Waals surface area (Å²) >= 11 is 0. The zero-order valence-electron chi connectivity index (χ0n) is 13.0. The summed E-state index contributed by atoms with van der Waals surface area (Å²) in [6, 6.07) is 1.52. The molecule has 22 heavy (non-hydrogen) atoms. The molecule has 0 aliphatic heterocycles. The highest BCUT2D eigenvalue weighted by Gasteiger charge is 2.15. The molecular formula is C15H20N4O3. The molecule has 0 bridgehead atoms. The van der Waals surface area contributed by atoms with Crippen LogP contribution in [0.15, 0.2) is 29.5 Å². The molecule has 2 aromatic heterocycles. The van der Waals surface area contributed by atoms with Crippen molar-refractivity contribution < 1.29 is 9.53 Å². The summed E-state index contributed by atoms with van der Waals surface area (Å²) in [5.41, 5.74) is 0.0150. The zero-order valence-corrected chi connectivity index (χ0v) is 13.0. The van der Waals surface area contributed by atoms with Gasteiger partial charge in [0, 0.05) is 18.3 Å². The normalized spacial score (nSPS) is 10.9. The Balaban J connectivity index is 2.25. The number of carbonyl (C=O) groups is 1. The van der Waals surface area contributed by atoms with Crippen molar-refractivity contribution in [1.82, 2.24) is 19.6 Å². The predicted octanol–water partition coefficient (Wildman–Crippen LogP) is 1.97. The molecule has 0 N–H and O–H groups in total. The average Bonchev–Trinajstić information content (AvgIpc) is 2.98. The standard InChI is InChI=1S/C15H20N4O3/c1-4-5-8-22-15(21)14-13(20)6-7-18(17-14)12-9-16-19(10-12)11(2)3/h6-7,9-11H,4-5,8H2,1-3H3. The summed E-state index contributed by atoms with van der Waals surface area (Å²) in [4.78, 5) is 23.7. The number of hydrogen-bond acceptors (Lipinski definition) is 5. The summed E-state index contributed by atoms with van der Waals surface area (Å²) < 4.78 is 8.27. The van der Waals surface area contributed by atoms with Crippen LogP contribution in [0, 0.1) is 0 Å². The van der Waals surface area contributed by atoms with Crippen LogP contribution in [-0.2, 0) is 4.74 Å². The molecule has 0 aliphatic carbocycles. The molecule has 7 heteroatoms. The fourth-order valence-corrected chi connectivity index (χ4v) is 1.80. The van der Waals surface area contributed by atoms with E-state index in [0.717, 1.165) is 12.8 Å². The van der Waals surface area contributed by atoms with E-state index in [2.05, 4.69) is 10.2 Å². The summed E-state index contributed by atoms with van der Waals surface area (Å²) in [5.74, 6) is -0.691. The first kappa shape index (κ1) is 15.9. The van der Waals surface area contributed by atoms with E-state index in [1.165, 1.54) is 16.9 Å². The van der Waals surface area contributed by atoms with Crippen molar-refractivity contribution in [3.8, 4) is 5.69 Å². The van der Waals surface area contributed by atoms with E-state index in [0.29, 0.717) is 5.69 Å². The predicted molar refractivity (Wildman–Crippen MR) is 81.2 cm³/mol. The largest absolute Gasteiger partial charge is 0.461 e. The summed E-state index contributed by atoms with van der Waals surface area (Å²) in [5, 5.41) is 8.28. The molecule has 2 heterocycles. The van der Waals surface area contributed by atoms with Gasteiger partial charge in [-0.2, -0.15) is 10.2 Å². The smallest absolute Gasteiger partial charge is 0.362 e. The topological polar surface area (TPSA) is 79.0 Å². The SMILES string of the molecule is CCCCOC(=O)c1nn(-c2cnn(C(C)C)c2)ccc1=O. The van der Waals surface area contributed by atoms with E-state index < -0.39 is 11.4 Å². The molecular weight excluding hydrogens is 284 g/mol. The third kappa shape index (κ3) is 3.60. The van der Waals surface area contributed by atoms with E-state index >= 15 is 0 Å². The molecule has 7 nitrogen and oxygen atoms in total. The molecule has 0 unspecified atom stereocenters. The highest BCUT2D eigenvalue weighted by atomic mass is 16.5. The molecule has 0 saturated carbocycles. The van der Waals surface area contributed by atoms with Gasteiger partial charge in [-0.25, -0.2) is 9.48 Å². The van der Waals surface area contributed by atoms with Crippen LogP contribution >= 0.6 is 0 Å². The number of rotatable bonds is 6. The van der Waals surface area contributed by atoms with Crippen LogP contribution in [0.3, 0.4) is 0 Å². The van der Waals surface area contributed by atoms with E-state index in [-0.39, 0.29) is 18.3 Å². The van der Waals surface area contributed by atoms with Crippen LogP contribution in [0.25, 0.3) is 5.69 Å². The minimum atomic E-state index is -0.691. The average molecular weight is 304 g/mol. The van der Waals surface area contributed by atoms with Gasteiger partial charge in [0.2, 0.25) is 11.1 Å². The Bertz CT molecular complexity index is 703. The van der Waals surface area contributed by atoms with Gasteiger partial charge in [0.05, 0.1) is 19.0 Å². The quantitative estimate of drug-likeness (QED) is 0.602. The zero-order chi connectivity index (χ0) is 16.1. The first-order valence-corrected chi connectivity index (χ1v) is 7.34. The number of carbonyl (C=O) groups excluding carboxylic acids is 1. The van der Waals surface area contributed by atoms with Crippen molar-refractivity contribution in [2.75, 3.05) is 6.61 Å². The number of hydrogen-bond donors (Lipinski definition) is 0. The van der Waals surface area contributed by atoms with E-state index in [1.54, 1.807) is 17.1 Å². The Morgan fingerprint density at radius 1 is 1.41 bits per heavy atom. The maximum absolute atomic E-state index is 11.9. The lowest BCUT2D eigenvalue weighted by Gasteiger charge is -2.06. The van der Waals surface area contributed by atoms with Crippen LogP contribution in [0.2, 0.25) is 0 Å². The summed E-state index contributed by atoms with van der Waals surface area (Å²) in [6.45, 7) is 6.29. The fourth-order valence-electron chi connectivity index (χ4n) is 1.80. The van der Waals surface area contributed by atoms with Crippen LogP contribution < -0.4 is 5.43 Å². The van der Waals surface area contributed by atoms with Crippen LogP contribution in [0.4, 0.5) is 0 Å². The van der Waals surface area contributed by atoms with Crippen molar-refractivity contribution in [3.05, 3.63) is 40.6 Å². The molecule has 2 aromatic rings. The van der Waals surface area contributed by atoms with Crippen LogP contribution in [0.5, 0.6) is 0 Å². The number of aromatic nitrogens is 4. The molecule has 118 valence electrons. The third-order valence-corrected chi connectivity index (χ3v) is 3.11. The maximum Gasteiger partial charge on any atom is 0.362 e. The Morgan fingerprint density at radius 3 is 2.82 bits per heavy atom. The van der Waals surface area contributed by atoms with Gasteiger partial charge in [0.15, 0.2) is 0 Å². The second kappa shape index (κ2) is 7.02. The molecule has 0 radical (unpaired) electrons. The first-order chi connectivity index (χ1) is 10.5. The Hall–Kier alpha value is -2.44. The minimum Gasteiger partial charge on any atom is -0.461 e. The number of unbranched alkanes of at least 4 members (excludes halogenated alkanes) is 1. The molecule has 0 amide bonds. The minimum absolute atomic E-state index is 0.212. The monoisotopic (exact) mass is 304 g/mol. The maximum atomic E-state index is 11.9. The highest BCUT2D eigenvalue weighted by molar-refractivity contribution is 5.86. The van der Waals surface area contributed by atoms with Crippen molar-refractivity contribution in [2.24, 2.45) is 0 Å². The second-order valence-corrected chi connectivity index (χ2v) is 5.23. The fraction of sp³-hybridized carbons (Fsp3) is 0.467. The van der Waals surface area contributed by atoms with Gasteiger partial charge in [-0.15, -0.1) is 0 Å². The lowest BCUT2D eigenvalue weighted by Crippen LogP contribution is -2.22. The molecule has 0 aliphatic rings. The van der Waals surface area contributed by atoms with Gasteiger partial charge in [0.25, 0.3) is 0 Å². The molecule has 0 fully saturated rings. The van der Waals surface area contributed by atoms with Crippen molar-refractivity contribution in [2.45, 2.75) is 39.7 Å². The lowest BCUT2D eigenvalue weighted by atomic mass is 10.3. The number of esters is 1. The highest BCUT2D eigenvalue weighted by Crippen LogP contribution is 2.08. The number of nitrogens with zero attached hydrogens (tertiary/aromatic N) is 4. The van der Waals surface area contributed by atoms with Crippen LogP contribution in [-0.4, -0.2) is 32.1 Å².